The topological polar surface area (TPSA) is 12.4 Å². The fraction of sp³-hybridized carbons (Fsp3) is 0.806. The van der Waals surface area contributed by atoms with Gasteiger partial charge in [-0.3, -0.25) is 4.99 Å². The van der Waals surface area contributed by atoms with Crippen molar-refractivity contribution >= 4 is 22.1 Å². The van der Waals surface area contributed by atoms with Gasteiger partial charge in [0.1, 0.15) is 0 Å². The van der Waals surface area contributed by atoms with E-state index in [4.69, 9.17) is 4.99 Å². The molecule has 0 bridgehead atoms. The summed E-state index contributed by atoms with van der Waals surface area (Å²) < 4.78 is 0. The Bertz CT molecular complexity index is 781. The summed E-state index contributed by atoms with van der Waals surface area (Å²) in [7, 11) is 0.405. The monoisotopic (exact) mass is 567 g/mol. The first kappa shape index (κ1) is 30.2. The van der Waals surface area contributed by atoms with E-state index in [-0.39, 0.29) is 15.8 Å². The Labute approximate surface area is 244 Å². The third kappa shape index (κ3) is 9.37. The van der Waals surface area contributed by atoms with E-state index in [1.54, 1.807) is 25.7 Å². The quantitative estimate of drug-likeness (QED) is 0.174. The van der Waals surface area contributed by atoms with Gasteiger partial charge in [0, 0.05) is 6.21 Å². The van der Waals surface area contributed by atoms with Gasteiger partial charge < -0.3 is 0 Å². The van der Waals surface area contributed by atoms with Crippen LogP contribution in [0.25, 0.3) is 0 Å². The molecule has 0 aromatic carbocycles. The minimum atomic E-state index is 0.196. The van der Waals surface area contributed by atoms with Crippen LogP contribution in [0, 0.1) is 0 Å². The maximum Gasteiger partial charge on any atom is 0.0657 e. The van der Waals surface area contributed by atoms with Gasteiger partial charge in [0.05, 0.1) is 5.70 Å². The molecule has 0 unspecified atom stereocenters. The van der Waals surface area contributed by atoms with E-state index in [1.807, 2.05) is 0 Å². The van der Waals surface area contributed by atoms with Gasteiger partial charge in [0.2, 0.25) is 0 Å². The number of hydrogen-bond donors (Lipinski definition) is 0. The second-order valence-electron chi connectivity index (χ2n) is 13.4. The molecule has 0 spiro atoms. The van der Waals surface area contributed by atoms with Gasteiger partial charge in [-0.1, -0.05) is 103 Å². The normalized spacial score (nSPS) is 26.3. The molecule has 39 heavy (non-hydrogen) atoms. The maximum atomic E-state index is 5.14. The minimum Gasteiger partial charge on any atom is -0.261 e. The van der Waals surface area contributed by atoms with E-state index >= 15 is 0 Å². The average molecular weight is 568 g/mol. The number of allylic oxidation sites excluding steroid dienone is 5. The number of rotatable bonds is 11. The molecule has 4 saturated carbocycles. The van der Waals surface area contributed by atoms with E-state index in [2.05, 4.69) is 30.5 Å². The van der Waals surface area contributed by atoms with Crippen LogP contribution in [0.15, 0.2) is 40.6 Å². The highest BCUT2D eigenvalue weighted by molar-refractivity contribution is 7.59. The average Bonchev–Trinajstić information content (AvgIpc) is 3.02. The predicted molar refractivity (Wildman–Crippen MR) is 179 cm³/mol. The molecule has 0 heterocycles. The molecule has 1 nitrogen and oxygen atoms in total. The van der Waals surface area contributed by atoms with Crippen molar-refractivity contribution in [1.82, 2.24) is 0 Å². The molecule has 5 rings (SSSR count). The number of nitrogens with zero attached hydrogens (tertiary/aromatic N) is 1. The maximum absolute atomic E-state index is 5.14. The molecule has 0 aliphatic heterocycles. The summed E-state index contributed by atoms with van der Waals surface area (Å²) in [5.74, 6) is 0. The highest BCUT2D eigenvalue weighted by Crippen LogP contribution is 2.57. The molecule has 0 saturated heterocycles. The summed E-state index contributed by atoms with van der Waals surface area (Å²) in [6.07, 6.45) is 48.7. The van der Waals surface area contributed by atoms with Crippen LogP contribution in [0.1, 0.15) is 148 Å². The first-order valence-electron chi connectivity index (χ1n) is 17.5. The van der Waals surface area contributed by atoms with Crippen LogP contribution in [-0.2, 0) is 0 Å². The fourth-order valence-corrected chi connectivity index (χ4v) is 16.2. The fourth-order valence-electron chi connectivity index (χ4n) is 8.61. The third-order valence-corrected chi connectivity index (χ3v) is 18.1. The molecule has 0 aromatic heterocycles. The van der Waals surface area contributed by atoms with E-state index < -0.39 is 0 Å². The zero-order chi connectivity index (χ0) is 26.5. The van der Waals surface area contributed by atoms with Gasteiger partial charge in [-0.15, -0.1) is 7.92 Å². The molecule has 5 aliphatic rings. The summed E-state index contributed by atoms with van der Waals surface area (Å²) in [5.41, 5.74) is 7.09. The van der Waals surface area contributed by atoms with Crippen molar-refractivity contribution < 1.29 is 0 Å². The summed E-state index contributed by atoms with van der Waals surface area (Å²) >= 11 is 0. The summed E-state index contributed by atoms with van der Waals surface area (Å²) in [5, 5.41) is 0. The van der Waals surface area contributed by atoms with Gasteiger partial charge in [0.15, 0.2) is 0 Å². The number of hydrogen-bond acceptors (Lipinski definition) is 1. The van der Waals surface area contributed by atoms with E-state index in [0.29, 0.717) is 0 Å². The molecule has 3 heteroatoms. The lowest BCUT2D eigenvalue weighted by Crippen LogP contribution is -2.22. The Morgan fingerprint density at radius 2 is 1.03 bits per heavy atom. The van der Waals surface area contributed by atoms with Gasteiger partial charge in [-0.05, 0) is 117 Å². The molecule has 0 N–H and O–H groups in total. The van der Waals surface area contributed by atoms with Crippen LogP contribution < -0.4 is 0 Å². The summed E-state index contributed by atoms with van der Waals surface area (Å²) in [6, 6.07) is 0. The highest BCUT2D eigenvalue weighted by atomic mass is 31.1. The van der Waals surface area contributed by atoms with Gasteiger partial charge in [-0.2, -0.15) is 0 Å². The third-order valence-electron chi connectivity index (χ3n) is 10.8. The molecule has 5 aliphatic carbocycles. The number of aliphatic imine (C=N–C) groups is 1. The SMILES string of the molecule is C1=CCC(=CCCP(C2CCCCC2)C2CCCCC2)C(N=CCCP(C2CCCCC2)C2CCCCC2)=C1. The Morgan fingerprint density at radius 3 is 1.49 bits per heavy atom. The van der Waals surface area contributed by atoms with Crippen molar-refractivity contribution in [3.63, 3.8) is 0 Å². The molecule has 0 atom stereocenters. The summed E-state index contributed by atoms with van der Waals surface area (Å²) in [6.45, 7) is 0. The molecule has 218 valence electrons. The Kier molecular flexibility index (Phi) is 13.2. The van der Waals surface area contributed by atoms with Crippen molar-refractivity contribution in [2.24, 2.45) is 4.99 Å². The first-order chi connectivity index (χ1) is 19.4. The Balaban J connectivity index is 1.15. The van der Waals surface area contributed by atoms with E-state index in [9.17, 15) is 0 Å². The Hall–Kier alpha value is -0.250. The molecule has 0 radical (unpaired) electrons. The zero-order valence-electron chi connectivity index (χ0n) is 25.2. The second-order valence-corrected chi connectivity index (χ2v) is 19.3. The lowest BCUT2D eigenvalue weighted by atomic mass is 9.99. The van der Waals surface area contributed by atoms with Crippen LogP contribution >= 0.6 is 15.8 Å². The molecule has 4 fully saturated rings. The molecular formula is C36H59NP2. The largest absolute Gasteiger partial charge is 0.261 e. The van der Waals surface area contributed by atoms with Gasteiger partial charge >= 0.3 is 0 Å². The predicted octanol–water partition coefficient (Wildman–Crippen LogP) is 11.9. The van der Waals surface area contributed by atoms with Gasteiger partial charge in [-0.25, -0.2) is 0 Å². The lowest BCUT2D eigenvalue weighted by molar-refractivity contribution is 0.484. The second kappa shape index (κ2) is 17.0. The van der Waals surface area contributed by atoms with Gasteiger partial charge in [0.25, 0.3) is 0 Å². The standard InChI is InChI=1S/C36H59NP2/c1-5-19-32(20-6-1)38(33-21-7-2-8-22-33)29-15-18-31-17-13-14-27-36(31)37-28-16-30-39(34-23-9-3-10-24-34)35-25-11-4-12-26-35/h13-14,18,27-28,32-35H,1-12,15-17,19-26,29-30H2. The van der Waals surface area contributed by atoms with Crippen molar-refractivity contribution in [3.05, 3.63) is 35.6 Å². The van der Waals surface area contributed by atoms with E-state index in [1.165, 1.54) is 139 Å². The minimum absolute atomic E-state index is 0.196. The lowest BCUT2D eigenvalue weighted by Gasteiger charge is -2.38. The van der Waals surface area contributed by atoms with Crippen molar-refractivity contribution in [1.29, 1.82) is 0 Å². The highest BCUT2D eigenvalue weighted by Gasteiger charge is 2.31. The smallest absolute Gasteiger partial charge is 0.0657 e. The van der Waals surface area contributed by atoms with Crippen LogP contribution in [0.3, 0.4) is 0 Å². The molecular weight excluding hydrogens is 508 g/mol. The van der Waals surface area contributed by atoms with Crippen LogP contribution in [-0.4, -0.2) is 41.2 Å². The van der Waals surface area contributed by atoms with Crippen LogP contribution in [0.4, 0.5) is 0 Å². The molecule has 0 amide bonds. The first-order valence-corrected chi connectivity index (χ1v) is 20.8. The van der Waals surface area contributed by atoms with E-state index in [0.717, 1.165) is 29.1 Å². The van der Waals surface area contributed by atoms with Crippen LogP contribution in [0.2, 0.25) is 0 Å². The zero-order valence-corrected chi connectivity index (χ0v) is 27.0. The summed E-state index contributed by atoms with van der Waals surface area (Å²) in [4.78, 5) is 5.14. The van der Waals surface area contributed by atoms with Crippen molar-refractivity contribution in [3.8, 4) is 0 Å². The van der Waals surface area contributed by atoms with Crippen LogP contribution in [0.5, 0.6) is 0 Å². The van der Waals surface area contributed by atoms with Crippen molar-refractivity contribution in [2.45, 2.75) is 170 Å². The Morgan fingerprint density at radius 1 is 0.590 bits per heavy atom. The molecule has 0 aromatic rings. The van der Waals surface area contributed by atoms with Crippen molar-refractivity contribution in [2.75, 3.05) is 12.3 Å².